The van der Waals surface area contributed by atoms with Crippen molar-refractivity contribution in [1.82, 2.24) is 9.71 Å². The van der Waals surface area contributed by atoms with Crippen molar-refractivity contribution in [1.29, 1.82) is 0 Å². The molecule has 2 aromatic rings. The van der Waals surface area contributed by atoms with Crippen LogP contribution in [-0.4, -0.2) is 26.4 Å². The summed E-state index contributed by atoms with van der Waals surface area (Å²) in [5.74, 6) is 0.0278. The number of amides is 1. The smallest absolute Gasteiger partial charge is 0.241 e. The number of nitrogens with one attached hydrogen (secondary N) is 1. The summed E-state index contributed by atoms with van der Waals surface area (Å²) >= 11 is 0. The number of anilines is 1. The molecule has 1 amide bonds. The highest BCUT2D eigenvalue weighted by molar-refractivity contribution is 7.89. The Morgan fingerprint density at radius 1 is 1.23 bits per heavy atom. The summed E-state index contributed by atoms with van der Waals surface area (Å²) in [7, 11) is -2.00. The molecule has 0 saturated carbocycles. The molecule has 7 heteroatoms. The maximum Gasteiger partial charge on any atom is 0.241 e. The summed E-state index contributed by atoms with van der Waals surface area (Å²) in [5, 5.41) is 0. The Morgan fingerprint density at radius 3 is 2.62 bits per heavy atom. The standard InChI is InChI=1S/C19H23N3O3S/c1-13(16-7-5-6-10-20-16)21-26(24,25)14-8-9-17-15(11-14)19(2,3)12-18(23)22(17)4/h5-11,13,21H,12H2,1-4H3. The molecule has 1 N–H and O–H groups in total. The number of pyridine rings is 1. The fraction of sp³-hybridized carbons (Fsp3) is 0.368. The molecule has 0 aliphatic carbocycles. The van der Waals surface area contributed by atoms with Crippen LogP contribution in [0.5, 0.6) is 0 Å². The van der Waals surface area contributed by atoms with Gasteiger partial charge in [0.25, 0.3) is 0 Å². The third kappa shape index (κ3) is 3.37. The van der Waals surface area contributed by atoms with Gasteiger partial charge in [0.05, 0.1) is 16.6 Å². The van der Waals surface area contributed by atoms with E-state index in [4.69, 9.17) is 0 Å². The van der Waals surface area contributed by atoms with E-state index in [1.54, 1.807) is 49.3 Å². The number of carbonyl (C=O) groups is 1. The molecule has 1 aromatic heterocycles. The average molecular weight is 373 g/mol. The van der Waals surface area contributed by atoms with E-state index in [0.717, 1.165) is 11.3 Å². The number of carbonyl (C=O) groups excluding carboxylic acids is 1. The Bertz CT molecular complexity index is 940. The lowest BCUT2D eigenvalue weighted by molar-refractivity contribution is -0.119. The Hall–Kier alpha value is -2.25. The second kappa shape index (κ2) is 6.48. The first kappa shape index (κ1) is 18.5. The molecule has 0 radical (unpaired) electrons. The number of aromatic nitrogens is 1. The van der Waals surface area contributed by atoms with Crippen LogP contribution >= 0.6 is 0 Å². The lowest BCUT2D eigenvalue weighted by atomic mass is 9.77. The Kier molecular flexibility index (Phi) is 4.62. The van der Waals surface area contributed by atoms with Crippen molar-refractivity contribution >= 4 is 21.6 Å². The minimum atomic E-state index is -3.72. The maximum absolute atomic E-state index is 12.8. The normalized spacial score (nSPS) is 17.7. The van der Waals surface area contributed by atoms with Gasteiger partial charge in [0.1, 0.15) is 0 Å². The van der Waals surface area contributed by atoms with Crippen LogP contribution in [0, 0.1) is 0 Å². The van der Waals surface area contributed by atoms with E-state index >= 15 is 0 Å². The van der Waals surface area contributed by atoms with Gasteiger partial charge in [-0.25, -0.2) is 13.1 Å². The molecular formula is C19H23N3O3S. The molecule has 138 valence electrons. The summed E-state index contributed by atoms with van der Waals surface area (Å²) < 4.78 is 28.4. The zero-order chi connectivity index (χ0) is 19.1. The highest BCUT2D eigenvalue weighted by Gasteiger charge is 2.36. The third-order valence-corrected chi connectivity index (χ3v) is 6.34. The minimum absolute atomic E-state index is 0.0278. The van der Waals surface area contributed by atoms with E-state index in [-0.39, 0.29) is 10.8 Å². The van der Waals surface area contributed by atoms with Crippen molar-refractivity contribution in [2.45, 2.75) is 43.5 Å². The summed E-state index contributed by atoms with van der Waals surface area (Å²) in [4.78, 5) is 18.1. The highest BCUT2D eigenvalue weighted by atomic mass is 32.2. The van der Waals surface area contributed by atoms with Crippen molar-refractivity contribution in [2.75, 3.05) is 11.9 Å². The third-order valence-electron chi connectivity index (χ3n) is 4.80. The van der Waals surface area contributed by atoms with Gasteiger partial charge in [-0.15, -0.1) is 0 Å². The lowest BCUT2D eigenvalue weighted by Crippen LogP contribution is -2.39. The minimum Gasteiger partial charge on any atom is -0.315 e. The summed E-state index contributed by atoms with van der Waals surface area (Å²) in [6.07, 6.45) is 1.98. The van der Waals surface area contributed by atoms with Crippen LogP contribution in [0.15, 0.2) is 47.5 Å². The summed E-state index contributed by atoms with van der Waals surface area (Å²) in [6, 6.07) is 9.85. The SMILES string of the molecule is CC(NS(=O)(=O)c1ccc2c(c1)C(C)(C)CC(=O)N2C)c1ccccn1. The van der Waals surface area contributed by atoms with E-state index in [2.05, 4.69) is 9.71 Å². The fourth-order valence-electron chi connectivity index (χ4n) is 3.24. The number of benzene rings is 1. The van der Waals surface area contributed by atoms with E-state index < -0.39 is 21.5 Å². The predicted molar refractivity (Wildman–Crippen MR) is 100 cm³/mol. The number of rotatable bonds is 4. The monoisotopic (exact) mass is 373 g/mol. The first-order chi connectivity index (χ1) is 12.1. The van der Waals surface area contributed by atoms with Crippen LogP contribution in [0.3, 0.4) is 0 Å². The van der Waals surface area contributed by atoms with Crippen molar-refractivity contribution in [3.8, 4) is 0 Å². The van der Waals surface area contributed by atoms with E-state index in [9.17, 15) is 13.2 Å². The second-order valence-corrected chi connectivity index (χ2v) is 9.00. The van der Waals surface area contributed by atoms with Crippen LogP contribution in [0.4, 0.5) is 5.69 Å². The predicted octanol–water partition coefficient (Wildman–Crippen LogP) is 2.77. The van der Waals surface area contributed by atoms with Gasteiger partial charge in [-0.2, -0.15) is 0 Å². The number of sulfonamides is 1. The second-order valence-electron chi connectivity index (χ2n) is 7.29. The Labute approximate surface area is 154 Å². The first-order valence-electron chi connectivity index (χ1n) is 8.46. The molecular weight excluding hydrogens is 350 g/mol. The van der Waals surface area contributed by atoms with Gasteiger partial charge in [-0.05, 0) is 42.8 Å². The molecule has 2 heterocycles. The quantitative estimate of drug-likeness (QED) is 0.894. The lowest BCUT2D eigenvalue weighted by Gasteiger charge is -2.37. The molecule has 1 unspecified atom stereocenters. The summed E-state index contributed by atoms with van der Waals surface area (Å²) in [5.41, 5.74) is 1.84. The van der Waals surface area contributed by atoms with Crippen LogP contribution in [-0.2, 0) is 20.2 Å². The fourth-order valence-corrected chi connectivity index (χ4v) is 4.48. The largest absolute Gasteiger partial charge is 0.315 e. The van der Waals surface area contributed by atoms with Crippen molar-refractivity contribution in [3.05, 3.63) is 53.9 Å². The average Bonchev–Trinajstić information content (AvgIpc) is 2.59. The Balaban J connectivity index is 1.96. The van der Waals surface area contributed by atoms with Gasteiger partial charge < -0.3 is 4.90 Å². The topological polar surface area (TPSA) is 79.4 Å². The van der Waals surface area contributed by atoms with E-state index in [1.165, 1.54) is 6.07 Å². The van der Waals surface area contributed by atoms with E-state index in [0.29, 0.717) is 12.1 Å². The number of fused-ring (bicyclic) bond motifs is 1. The van der Waals surface area contributed by atoms with Crippen molar-refractivity contribution in [3.63, 3.8) is 0 Å². The van der Waals surface area contributed by atoms with Gasteiger partial charge in [0.15, 0.2) is 0 Å². The van der Waals surface area contributed by atoms with Gasteiger partial charge in [-0.3, -0.25) is 9.78 Å². The van der Waals surface area contributed by atoms with Crippen LogP contribution in [0.2, 0.25) is 0 Å². The number of hydrogen-bond donors (Lipinski definition) is 1. The molecule has 3 rings (SSSR count). The van der Waals surface area contributed by atoms with Gasteiger partial charge >= 0.3 is 0 Å². The van der Waals surface area contributed by atoms with E-state index in [1.807, 2.05) is 19.9 Å². The zero-order valence-electron chi connectivity index (χ0n) is 15.4. The summed E-state index contributed by atoms with van der Waals surface area (Å²) in [6.45, 7) is 5.67. The molecule has 1 aliphatic heterocycles. The van der Waals surface area contributed by atoms with Crippen LogP contribution in [0.1, 0.15) is 44.5 Å². The molecule has 0 saturated heterocycles. The molecule has 1 aliphatic rings. The van der Waals surface area contributed by atoms with Crippen molar-refractivity contribution in [2.24, 2.45) is 0 Å². The molecule has 6 nitrogen and oxygen atoms in total. The molecule has 0 fully saturated rings. The van der Waals surface area contributed by atoms with Gasteiger partial charge in [0, 0.05) is 30.8 Å². The molecule has 1 aromatic carbocycles. The van der Waals surface area contributed by atoms with Crippen LogP contribution in [0.25, 0.3) is 0 Å². The molecule has 26 heavy (non-hydrogen) atoms. The maximum atomic E-state index is 12.8. The van der Waals surface area contributed by atoms with Gasteiger partial charge in [-0.1, -0.05) is 19.9 Å². The van der Waals surface area contributed by atoms with Crippen molar-refractivity contribution < 1.29 is 13.2 Å². The molecule has 1 atom stereocenters. The highest BCUT2D eigenvalue weighted by Crippen LogP contribution is 2.40. The Morgan fingerprint density at radius 2 is 1.96 bits per heavy atom. The number of nitrogens with zero attached hydrogens (tertiary/aromatic N) is 2. The van der Waals surface area contributed by atoms with Gasteiger partial charge in [0.2, 0.25) is 15.9 Å². The molecule has 0 bridgehead atoms. The first-order valence-corrected chi connectivity index (χ1v) is 9.94. The van der Waals surface area contributed by atoms with Crippen LogP contribution < -0.4 is 9.62 Å². The number of hydrogen-bond acceptors (Lipinski definition) is 4. The zero-order valence-corrected chi connectivity index (χ0v) is 16.2. The molecule has 0 spiro atoms.